The zero-order valence-electron chi connectivity index (χ0n) is 9.01. The van der Waals surface area contributed by atoms with Crippen molar-refractivity contribution in [2.45, 2.75) is 6.85 Å². The molecule has 4 heteroatoms. The summed E-state index contributed by atoms with van der Waals surface area (Å²) < 4.78 is 53.9. The minimum atomic E-state index is -2.66. The van der Waals surface area contributed by atoms with E-state index in [0.717, 1.165) is 0 Å². The number of halogens is 4. The van der Waals surface area contributed by atoms with Crippen molar-refractivity contribution in [2.75, 3.05) is 0 Å². The Balaban J connectivity index is 3.68. The van der Waals surface area contributed by atoms with E-state index in [1.165, 1.54) is 0 Å². The van der Waals surface area contributed by atoms with E-state index in [1.54, 1.807) is 0 Å². The molecule has 0 fully saturated rings. The molecule has 0 radical (unpaired) electrons. The molecule has 0 saturated heterocycles. The smallest absolute Gasteiger partial charge is 0.140 e. The highest BCUT2D eigenvalue weighted by molar-refractivity contribution is 9.11. The molecule has 60 valence electrons. The standard InChI is InChI=1S/C7H4Br2F2/c1-3-6(8)4(10)2-5(11)7(3)9/h2H,1H3/i1D3,2D. The third kappa shape index (κ3) is 1.62. The average molecular weight is 290 g/mol. The molecule has 0 amide bonds. The summed E-state index contributed by atoms with van der Waals surface area (Å²) >= 11 is 5.40. The molecule has 0 saturated carbocycles. The van der Waals surface area contributed by atoms with Gasteiger partial charge in [0.1, 0.15) is 11.6 Å². The van der Waals surface area contributed by atoms with Gasteiger partial charge in [0.25, 0.3) is 0 Å². The first-order chi connectivity index (χ1) is 6.68. The maximum absolute atomic E-state index is 13.2. The van der Waals surface area contributed by atoms with Crippen LogP contribution in [0.5, 0.6) is 0 Å². The summed E-state index contributed by atoms with van der Waals surface area (Å²) in [6.45, 7) is -2.66. The van der Waals surface area contributed by atoms with Crippen molar-refractivity contribution in [1.82, 2.24) is 0 Å². The Morgan fingerprint density at radius 2 is 1.82 bits per heavy atom. The van der Waals surface area contributed by atoms with Gasteiger partial charge in [-0.1, -0.05) is 0 Å². The van der Waals surface area contributed by atoms with Crippen molar-refractivity contribution in [3.05, 3.63) is 32.2 Å². The zero-order valence-corrected chi connectivity index (χ0v) is 8.18. The van der Waals surface area contributed by atoms with Crippen molar-refractivity contribution in [2.24, 2.45) is 0 Å². The van der Waals surface area contributed by atoms with E-state index >= 15 is 0 Å². The van der Waals surface area contributed by atoms with Crippen molar-refractivity contribution < 1.29 is 14.3 Å². The molecule has 0 aliphatic rings. The van der Waals surface area contributed by atoms with Crippen LogP contribution in [0.25, 0.3) is 0 Å². The molecule has 0 aromatic heterocycles. The molecule has 1 aromatic rings. The van der Waals surface area contributed by atoms with Gasteiger partial charge in [0.15, 0.2) is 0 Å². The predicted molar refractivity (Wildman–Crippen MR) is 46.5 cm³/mol. The van der Waals surface area contributed by atoms with Crippen molar-refractivity contribution in [3.63, 3.8) is 0 Å². The third-order valence-electron chi connectivity index (χ3n) is 1.04. The Bertz CT molecular complexity index is 387. The highest BCUT2D eigenvalue weighted by Gasteiger charge is 2.10. The van der Waals surface area contributed by atoms with Gasteiger partial charge in [0.2, 0.25) is 0 Å². The lowest BCUT2D eigenvalue weighted by Crippen LogP contribution is -1.88. The maximum atomic E-state index is 13.2. The second-order valence-corrected chi connectivity index (χ2v) is 3.34. The van der Waals surface area contributed by atoms with Crippen molar-refractivity contribution in [3.8, 4) is 0 Å². The minimum absolute atomic E-state index is 0.416. The largest absolute Gasteiger partial charge is 0.206 e. The van der Waals surface area contributed by atoms with Crippen LogP contribution in [-0.2, 0) is 0 Å². The van der Waals surface area contributed by atoms with Gasteiger partial charge in [-0.3, -0.25) is 0 Å². The maximum Gasteiger partial charge on any atom is 0.140 e. The number of rotatable bonds is 0. The molecule has 0 heterocycles. The monoisotopic (exact) mass is 288 g/mol. The van der Waals surface area contributed by atoms with Crippen molar-refractivity contribution in [1.29, 1.82) is 0 Å². The van der Waals surface area contributed by atoms with Gasteiger partial charge < -0.3 is 0 Å². The molecule has 0 unspecified atom stereocenters. The van der Waals surface area contributed by atoms with Crippen LogP contribution in [0.4, 0.5) is 8.78 Å². The second kappa shape index (κ2) is 3.19. The van der Waals surface area contributed by atoms with Gasteiger partial charge in [-0.05, 0) is 44.3 Å². The fourth-order valence-electron chi connectivity index (χ4n) is 0.522. The Hall–Kier alpha value is 0.0400. The zero-order chi connectivity index (χ0) is 12.0. The van der Waals surface area contributed by atoms with Crippen LogP contribution in [0, 0.1) is 18.5 Å². The van der Waals surface area contributed by atoms with Gasteiger partial charge in [-0.25, -0.2) is 8.78 Å². The molecule has 1 rings (SSSR count). The Kier molecular flexibility index (Phi) is 1.43. The minimum Gasteiger partial charge on any atom is -0.206 e. The van der Waals surface area contributed by atoms with E-state index in [2.05, 4.69) is 31.9 Å². The fourth-order valence-corrected chi connectivity index (χ4v) is 1.38. The highest BCUT2D eigenvalue weighted by Crippen LogP contribution is 2.29. The summed E-state index contributed by atoms with van der Waals surface area (Å²) in [5.41, 5.74) is -0.506. The van der Waals surface area contributed by atoms with E-state index in [-0.39, 0.29) is 0 Å². The third-order valence-corrected chi connectivity index (χ3v) is 2.53. The van der Waals surface area contributed by atoms with Crippen LogP contribution in [0.2, 0.25) is 0 Å². The van der Waals surface area contributed by atoms with Crippen LogP contribution < -0.4 is 0 Å². The molecular formula is C7H4Br2F2. The lowest BCUT2D eigenvalue weighted by molar-refractivity contribution is 0.572. The Morgan fingerprint density at radius 1 is 1.36 bits per heavy atom. The lowest BCUT2D eigenvalue weighted by Gasteiger charge is -2.02. The molecule has 0 bridgehead atoms. The van der Waals surface area contributed by atoms with E-state index < -0.39 is 39.0 Å². The van der Waals surface area contributed by atoms with Gasteiger partial charge in [-0.15, -0.1) is 0 Å². The van der Waals surface area contributed by atoms with E-state index in [1.807, 2.05) is 0 Å². The summed E-state index contributed by atoms with van der Waals surface area (Å²) in [5.74, 6) is -2.44. The lowest BCUT2D eigenvalue weighted by atomic mass is 10.2. The number of hydrogen-bond donors (Lipinski definition) is 0. The van der Waals surface area contributed by atoms with E-state index in [9.17, 15) is 8.78 Å². The summed E-state index contributed by atoms with van der Waals surface area (Å²) in [6, 6.07) is -0.971. The summed E-state index contributed by atoms with van der Waals surface area (Å²) in [4.78, 5) is 0. The topological polar surface area (TPSA) is 0 Å². The van der Waals surface area contributed by atoms with Crippen molar-refractivity contribution >= 4 is 31.9 Å². The molecule has 0 spiro atoms. The predicted octanol–water partition coefficient (Wildman–Crippen LogP) is 3.80. The Morgan fingerprint density at radius 3 is 2.18 bits per heavy atom. The van der Waals surface area contributed by atoms with E-state index in [0.29, 0.717) is 0 Å². The first-order valence-electron chi connectivity index (χ1n) is 4.51. The van der Waals surface area contributed by atoms with Crippen LogP contribution in [-0.4, -0.2) is 0 Å². The summed E-state index contributed by atoms with van der Waals surface area (Å²) in [5, 5.41) is 0. The SMILES string of the molecule is [2H]c1c(F)c(Br)c(C([2H])([2H])[2H])c(Br)c1F. The summed E-state index contributed by atoms with van der Waals surface area (Å²) in [7, 11) is 0. The van der Waals surface area contributed by atoms with Gasteiger partial charge in [-0.2, -0.15) is 0 Å². The van der Waals surface area contributed by atoms with Gasteiger partial charge in [0, 0.05) is 10.2 Å². The van der Waals surface area contributed by atoms with Crippen LogP contribution in [0.1, 0.15) is 11.0 Å². The first-order valence-corrected chi connectivity index (χ1v) is 4.09. The normalized spacial score (nSPS) is 16.7. The molecule has 11 heavy (non-hydrogen) atoms. The molecule has 0 aliphatic heterocycles. The van der Waals surface area contributed by atoms with Gasteiger partial charge >= 0.3 is 0 Å². The molecule has 0 nitrogen and oxygen atoms in total. The molecule has 0 N–H and O–H groups in total. The fraction of sp³-hybridized carbons (Fsp3) is 0.143. The molecule has 1 aromatic carbocycles. The number of benzene rings is 1. The quantitative estimate of drug-likeness (QED) is 0.637. The number of hydrogen-bond acceptors (Lipinski definition) is 0. The van der Waals surface area contributed by atoms with Crippen LogP contribution >= 0.6 is 31.9 Å². The Labute approximate surface area is 85.5 Å². The highest BCUT2D eigenvalue weighted by atomic mass is 79.9. The first kappa shape index (κ1) is 4.92. The van der Waals surface area contributed by atoms with Crippen LogP contribution in [0.3, 0.4) is 0 Å². The van der Waals surface area contributed by atoms with Crippen LogP contribution in [0.15, 0.2) is 15.0 Å². The summed E-state index contributed by atoms with van der Waals surface area (Å²) in [6.07, 6.45) is 0. The average Bonchev–Trinajstić information content (AvgIpc) is 2.09. The molecule has 0 atom stereocenters. The second-order valence-electron chi connectivity index (χ2n) is 1.76. The molecule has 0 aliphatic carbocycles. The molecular weight excluding hydrogens is 282 g/mol. The van der Waals surface area contributed by atoms with Gasteiger partial charge in [0.05, 0.1) is 10.3 Å². The van der Waals surface area contributed by atoms with E-state index in [4.69, 9.17) is 5.48 Å².